The molecule has 0 atom stereocenters. The maximum atomic E-state index is 12.2. The molecule has 1 aromatic heterocycles. The smallest absolute Gasteiger partial charge is 0.340 e. The molecular weight excluding hydrogens is 300 g/mol. The van der Waals surface area contributed by atoms with Crippen molar-refractivity contribution in [3.05, 3.63) is 23.0 Å². The number of carbonyl (C=O) groups is 2. The largest absolute Gasteiger partial charge is 0.491 e. The standard InChI is InChI=1S/C16H22N2O5/c1-3-5-7-21-14-12-10-22-16(20)11(12)9-17-13(14)15(19)18-23-8-6-4-2/h9H,3-8,10H2,1-2H3,(H,18,19). The lowest BCUT2D eigenvalue weighted by atomic mass is 10.1. The third kappa shape index (κ3) is 4.19. The molecule has 0 saturated heterocycles. The van der Waals surface area contributed by atoms with Crippen molar-refractivity contribution in [1.29, 1.82) is 0 Å². The zero-order valence-electron chi connectivity index (χ0n) is 13.5. The minimum atomic E-state index is -0.491. The molecule has 1 aromatic rings. The quantitative estimate of drug-likeness (QED) is 0.427. The van der Waals surface area contributed by atoms with Gasteiger partial charge >= 0.3 is 5.97 Å². The Morgan fingerprint density at radius 1 is 1.30 bits per heavy atom. The summed E-state index contributed by atoms with van der Waals surface area (Å²) in [6, 6.07) is 0. The highest BCUT2D eigenvalue weighted by molar-refractivity contribution is 5.99. The van der Waals surface area contributed by atoms with Gasteiger partial charge < -0.3 is 9.47 Å². The highest BCUT2D eigenvalue weighted by atomic mass is 16.6. The van der Waals surface area contributed by atoms with Gasteiger partial charge in [-0.05, 0) is 12.8 Å². The number of aromatic nitrogens is 1. The van der Waals surface area contributed by atoms with Gasteiger partial charge in [-0.1, -0.05) is 26.7 Å². The third-order valence-electron chi connectivity index (χ3n) is 3.43. The molecule has 1 aliphatic rings. The molecule has 0 bridgehead atoms. The van der Waals surface area contributed by atoms with Crippen molar-refractivity contribution >= 4 is 11.9 Å². The maximum absolute atomic E-state index is 12.2. The van der Waals surface area contributed by atoms with Crippen LogP contribution in [0, 0.1) is 0 Å². The Kier molecular flexibility index (Phi) is 6.34. The molecular formula is C16H22N2O5. The monoisotopic (exact) mass is 322 g/mol. The zero-order chi connectivity index (χ0) is 16.7. The molecule has 0 radical (unpaired) electrons. The van der Waals surface area contributed by atoms with E-state index in [0.29, 0.717) is 30.1 Å². The Bertz CT molecular complexity index is 574. The number of hydrogen-bond donors (Lipinski definition) is 1. The van der Waals surface area contributed by atoms with Crippen molar-refractivity contribution in [1.82, 2.24) is 10.5 Å². The predicted molar refractivity (Wildman–Crippen MR) is 82.1 cm³/mol. The second kappa shape index (κ2) is 8.47. The lowest BCUT2D eigenvalue weighted by molar-refractivity contribution is 0.0294. The van der Waals surface area contributed by atoms with Gasteiger partial charge in [0.05, 0.1) is 24.3 Å². The van der Waals surface area contributed by atoms with Crippen LogP contribution in [0.1, 0.15) is 65.9 Å². The van der Waals surface area contributed by atoms with Crippen molar-refractivity contribution in [2.24, 2.45) is 0 Å². The Labute approximate surface area is 135 Å². The molecule has 0 aliphatic carbocycles. The van der Waals surface area contributed by atoms with E-state index in [1.54, 1.807) is 0 Å². The summed E-state index contributed by atoms with van der Waals surface area (Å²) >= 11 is 0. The lowest BCUT2D eigenvalue weighted by Crippen LogP contribution is -2.26. The summed E-state index contributed by atoms with van der Waals surface area (Å²) in [6.45, 7) is 5.04. The highest BCUT2D eigenvalue weighted by Crippen LogP contribution is 2.31. The van der Waals surface area contributed by atoms with Gasteiger partial charge in [0, 0.05) is 6.20 Å². The van der Waals surface area contributed by atoms with Crippen LogP contribution in [-0.4, -0.2) is 30.1 Å². The van der Waals surface area contributed by atoms with E-state index in [0.717, 1.165) is 25.7 Å². The fourth-order valence-corrected chi connectivity index (χ4v) is 2.08. The molecule has 0 aromatic carbocycles. The summed E-state index contributed by atoms with van der Waals surface area (Å²) in [5.74, 6) is -0.632. The first kappa shape index (κ1) is 17.2. The van der Waals surface area contributed by atoms with Crippen molar-refractivity contribution in [2.45, 2.75) is 46.1 Å². The van der Waals surface area contributed by atoms with Gasteiger partial charge in [0.25, 0.3) is 5.91 Å². The summed E-state index contributed by atoms with van der Waals surface area (Å²) in [6.07, 6.45) is 4.96. The van der Waals surface area contributed by atoms with Gasteiger partial charge in [0.15, 0.2) is 11.4 Å². The van der Waals surface area contributed by atoms with Crippen LogP contribution in [0.3, 0.4) is 0 Å². The fourth-order valence-electron chi connectivity index (χ4n) is 2.08. The van der Waals surface area contributed by atoms with Crippen molar-refractivity contribution in [2.75, 3.05) is 13.2 Å². The number of hydroxylamine groups is 1. The number of carbonyl (C=O) groups excluding carboxylic acids is 2. The minimum absolute atomic E-state index is 0.0924. The number of esters is 1. The summed E-state index contributed by atoms with van der Waals surface area (Å²) in [7, 11) is 0. The Morgan fingerprint density at radius 3 is 2.78 bits per heavy atom. The third-order valence-corrected chi connectivity index (χ3v) is 3.43. The lowest BCUT2D eigenvalue weighted by Gasteiger charge is -2.13. The summed E-state index contributed by atoms with van der Waals surface area (Å²) in [5, 5.41) is 0. The number of hydrogen-bond acceptors (Lipinski definition) is 6. The summed E-state index contributed by atoms with van der Waals surface area (Å²) in [5.41, 5.74) is 3.38. The van der Waals surface area contributed by atoms with E-state index in [9.17, 15) is 9.59 Å². The molecule has 0 saturated carbocycles. The molecule has 2 rings (SSSR count). The van der Waals surface area contributed by atoms with Crippen LogP contribution >= 0.6 is 0 Å². The Balaban J connectivity index is 2.17. The van der Waals surface area contributed by atoms with Crippen molar-refractivity contribution < 1.29 is 23.9 Å². The molecule has 2 heterocycles. The average molecular weight is 322 g/mol. The van der Waals surface area contributed by atoms with Gasteiger partial charge in [0.1, 0.15) is 6.61 Å². The first-order chi connectivity index (χ1) is 11.2. The summed E-state index contributed by atoms with van der Waals surface area (Å²) < 4.78 is 10.7. The second-order valence-electron chi connectivity index (χ2n) is 5.24. The fraction of sp³-hybridized carbons (Fsp3) is 0.562. The number of fused-ring (bicyclic) bond motifs is 1. The number of pyridine rings is 1. The van der Waals surface area contributed by atoms with E-state index < -0.39 is 11.9 Å². The predicted octanol–water partition coefficient (Wildman–Crippen LogP) is 2.39. The van der Waals surface area contributed by atoms with Crippen LogP contribution in [0.25, 0.3) is 0 Å². The Morgan fingerprint density at radius 2 is 2.04 bits per heavy atom. The van der Waals surface area contributed by atoms with E-state index >= 15 is 0 Å². The van der Waals surface area contributed by atoms with Crippen molar-refractivity contribution in [3.8, 4) is 5.75 Å². The highest BCUT2D eigenvalue weighted by Gasteiger charge is 2.30. The van der Waals surface area contributed by atoms with Crippen LogP contribution in [0.5, 0.6) is 5.75 Å². The van der Waals surface area contributed by atoms with Gasteiger partial charge in [-0.25, -0.2) is 15.3 Å². The topological polar surface area (TPSA) is 86.8 Å². The summed E-state index contributed by atoms with van der Waals surface area (Å²) in [4.78, 5) is 33.0. The van der Waals surface area contributed by atoms with Crippen LogP contribution < -0.4 is 10.2 Å². The number of nitrogens with one attached hydrogen (secondary N) is 1. The van der Waals surface area contributed by atoms with E-state index in [-0.39, 0.29) is 12.3 Å². The number of ether oxygens (including phenoxy) is 2. The molecule has 23 heavy (non-hydrogen) atoms. The first-order valence-electron chi connectivity index (χ1n) is 7.92. The number of cyclic esters (lactones) is 1. The molecule has 0 fully saturated rings. The second-order valence-corrected chi connectivity index (χ2v) is 5.24. The number of unbranched alkanes of at least 4 members (excludes halogenated alkanes) is 2. The van der Waals surface area contributed by atoms with Crippen LogP contribution in [0.15, 0.2) is 6.20 Å². The van der Waals surface area contributed by atoms with E-state index in [2.05, 4.69) is 10.5 Å². The number of rotatable bonds is 9. The molecule has 1 amide bonds. The zero-order valence-corrected chi connectivity index (χ0v) is 13.5. The SMILES string of the molecule is CCCCONC(=O)c1ncc2c(c1OCCCC)COC2=O. The van der Waals surface area contributed by atoms with Crippen LogP contribution in [0.2, 0.25) is 0 Å². The van der Waals surface area contributed by atoms with Gasteiger partial charge in [0.2, 0.25) is 0 Å². The van der Waals surface area contributed by atoms with Crippen LogP contribution in [0.4, 0.5) is 0 Å². The van der Waals surface area contributed by atoms with Gasteiger partial charge in [-0.2, -0.15) is 0 Å². The van der Waals surface area contributed by atoms with Gasteiger partial charge in [-0.15, -0.1) is 0 Å². The number of nitrogens with zero attached hydrogens (tertiary/aromatic N) is 1. The minimum Gasteiger partial charge on any atom is -0.491 e. The van der Waals surface area contributed by atoms with Crippen molar-refractivity contribution in [3.63, 3.8) is 0 Å². The molecule has 0 unspecified atom stereocenters. The van der Waals surface area contributed by atoms with E-state index in [1.165, 1.54) is 6.20 Å². The first-order valence-corrected chi connectivity index (χ1v) is 7.92. The molecule has 1 aliphatic heterocycles. The molecule has 126 valence electrons. The maximum Gasteiger partial charge on any atom is 0.340 e. The average Bonchev–Trinajstić information content (AvgIpc) is 2.93. The molecule has 0 spiro atoms. The number of amides is 1. The van der Waals surface area contributed by atoms with Gasteiger partial charge in [-0.3, -0.25) is 9.63 Å². The Hall–Kier alpha value is -2.15. The van der Waals surface area contributed by atoms with E-state index in [4.69, 9.17) is 14.3 Å². The molecule has 1 N–H and O–H groups in total. The van der Waals surface area contributed by atoms with Crippen LogP contribution in [-0.2, 0) is 16.2 Å². The molecule has 7 nitrogen and oxygen atoms in total. The van der Waals surface area contributed by atoms with E-state index in [1.807, 2.05) is 13.8 Å². The normalized spacial score (nSPS) is 12.7. The molecule has 7 heteroatoms.